The van der Waals surface area contributed by atoms with Crippen molar-refractivity contribution in [3.63, 3.8) is 0 Å². The molecule has 146 valence electrons. The molecule has 1 saturated heterocycles. The van der Waals surface area contributed by atoms with Crippen LogP contribution in [0.5, 0.6) is 0 Å². The van der Waals surface area contributed by atoms with Crippen LogP contribution in [0, 0.1) is 0 Å². The highest BCUT2D eigenvalue weighted by molar-refractivity contribution is 7.98. The van der Waals surface area contributed by atoms with Crippen molar-refractivity contribution in [1.29, 1.82) is 0 Å². The number of aliphatic hydroxyl groups is 1. The average Bonchev–Trinajstić information content (AvgIpc) is 3.14. The number of rotatable bonds is 8. The second kappa shape index (κ2) is 9.21. The molecule has 5 nitrogen and oxygen atoms in total. The summed E-state index contributed by atoms with van der Waals surface area (Å²) in [7, 11) is -3.56. The lowest BCUT2D eigenvalue weighted by atomic mass is 10.1. The first-order chi connectivity index (χ1) is 13.0. The molecular weight excluding hydrogens is 380 g/mol. The van der Waals surface area contributed by atoms with E-state index in [2.05, 4.69) is 9.62 Å². The van der Waals surface area contributed by atoms with Gasteiger partial charge in [0.15, 0.2) is 0 Å². The molecule has 0 aliphatic carbocycles. The molecule has 2 N–H and O–H groups in total. The van der Waals surface area contributed by atoms with Gasteiger partial charge in [-0.15, -0.1) is 11.8 Å². The van der Waals surface area contributed by atoms with E-state index in [1.807, 2.05) is 42.7 Å². The number of likely N-dealkylation sites (tertiary alicyclic amines) is 1. The van der Waals surface area contributed by atoms with Gasteiger partial charge >= 0.3 is 0 Å². The van der Waals surface area contributed by atoms with Crippen LogP contribution >= 0.6 is 11.8 Å². The molecule has 1 aliphatic rings. The third kappa shape index (κ3) is 5.12. The number of hydrogen-bond acceptors (Lipinski definition) is 5. The second-order valence-electron chi connectivity index (χ2n) is 6.72. The maximum Gasteiger partial charge on any atom is 0.240 e. The Morgan fingerprint density at radius 1 is 1.15 bits per heavy atom. The van der Waals surface area contributed by atoms with E-state index in [0.29, 0.717) is 0 Å². The quantitative estimate of drug-likeness (QED) is 0.660. The number of sulfonamides is 1. The van der Waals surface area contributed by atoms with Crippen LogP contribution < -0.4 is 4.72 Å². The summed E-state index contributed by atoms with van der Waals surface area (Å²) in [5, 5.41) is 9.52. The van der Waals surface area contributed by atoms with E-state index in [1.165, 1.54) is 0 Å². The van der Waals surface area contributed by atoms with Gasteiger partial charge in [0.2, 0.25) is 10.0 Å². The summed E-state index contributed by atoms with van der Waals surface area (Å²) in [5.41, 5.74) is 2.06. The van der Waals surface area contributed by atoms with Crippen LogP contribution in [0.15, 0.2) is 58.3 Å². The maximum atomic E-state index is 12.6. The maximum absolute atomic E-state index is 12.6. The van der Waals surface area contributed by atoms with Gasteiger partial charge in [0.05, 0.1) is 11.5 Å². The lowest BCUT2D eigenvalue weighted by molar-refractivity contribution is 0.153. The summed E-state index contributed by atoms with van der Waals surface area (Å²) in [6.45, 7) is 2.11. The van der Waals surface area contributed by atoms with E-state index in [1.54, 1.807) is 23.9 Å². The van der Waals surface area contributed by atoms with Gasteiger partial charge in [0, 0.05) is 24.0 Å². The van der Waals surface area contributed by atoms with Gasteiger partial charge in [-0.2, -0.15) is 0 Å². The molecule has 0 spiro atoms. The summed E-state index contributed by atoms with van der Waals surface area (Å²) in [6, 6.07) is 15.0. The largest absolute Gasteiger partial charge is 0.395 e. The molecule has 2 aromatic carbocycles. The molecule has 2 aromatic rings. The number of thioether (sulfide) groups is 1. The summed E-state index contributed by atoms with van der Waals surface area (Å²) >= 11 is 1.58. The Labute approximate surface area is 165 Å². The molecule has 0 aromatic heterocycles. The first-order valence-electron chi connectivity index (χ1n) is 9.09. The van der Waals surface area contributed by atoms with Crippen molar-refractivity contribution < 1.29 is 13.5 Å². The van der Waals surface area contributed by atoms with E-state index in [0.717, 1.165) is 42.0 Å². The predicted octanol–water partition coefficient (Wildman–Crippen LogP) is 2.84. The molecule has 0 amide bonds. The van der Waals surface area contributed by atoms with Crippen LogP contribution in [0.2, 0.25) is 0 Å². The normalized spacial score (nSPS) is 18.1. The number of nitrogens with zero attached hydrogens (tertiary/aromatic N) is 1. The van der Waals surface area contributed by atoms with Crippen molar-refractivity contribution in [3.8, 4) is 0 Å². The summed E-state index contributed by atoms with van der Waals surface area (Å²) < 4.78 is 27.9. The standard InChI is InChI=1S/C20H26N2O3S2/c1-26-19-8-10-20(11-9-19)27(24,25)21-13-16-5-2-3-6-17(16)14-22-12-4-7-18(22)15-23/h2-3,5-6,8-11,18,21,23H,4,7,12-15H2,1H3/t18-/m1/s1. The fourth-order valence-corrected chi connectivity index (χ4v) is 4.84. The van der Waals surface area contributed by atoms with Crippen LogP contribution in [0.3, 0.4) is 0 Å². The Hall–Kier alpha value is -1.38. The molecule has 0 bridgehead atoms. The minimum atomic E-state index is -3.56. The molecule has 0 unspecified atom stereocenters. The van der Waals surface area contributed by atoms with Gasteiger partial charge in [-0.05, 0) is 61.0 Å². The van der Waals surface area contributed by atoms with Gasteiger partial charge in [-0.3, -0.25) is 4.90 Å². The molecule has 0 saturated carbocycles. The second-order valence-corrected chi connectivity index (χ2v) is 9.36. The van der Waals surface area contributed by atoms with Crippen molar-refractivity contribution in [2.24, 2.45) is 0 Å². The van der Waals surface area contributed by atoms with Gasteiger partial charge in [0.1, 0.15) is 0 Å². The highest BCUT2D eigenvalue weighted by Gasteiger charge is 2.24. The lowest BCUT2D eigenvalue weighted by Crippen LogP contribution is -2.32. The molecular formula is C20H26N2O3S2. The fourth-order valence-electron chi connectivity index (χ4n) is 3.42. The van der Waals surface area contributed by atoms with Crippen LogP contribution in [0.4, 0.5) is 0 Å². The highest BCUT2D eigenvalue weighted by atomic mass is 32.2. The average molecular weight is 407 g/mol. The zero-order valence-electron chi connectivity index (χ0n) is 15.5. The van der Waals surface area contributed by atoms with Crippen molar-refractivity contribution in [2.75, 3.05) is 19.4 Å². The molecule has 3 rings (SSSR count). The smallest absolute Gasteiger partial charge is 0.240 e. The van der Waals surface area contributed by atoms with Crippen LogP contribution in [0.1, 0.15) is 24.0 Å². The van der Waals surface area contributed by atoms with E-state index < -0.39 is 10.0 Å². The Morgan fingerprint density at radius 3 is 2.52 bits per heavy atom. The van der Waals surface area contributed by atoms with Crippen molar-refractivity contribution in [2.45, 2.75) is 41.8 Å². The minimum absolute atomic E-state index is 0.167. The first kappa shape index (κ1) is 20.4. The van der Waals surface area contributed by atoms with Crippen LogP contribution in [-0.2, 0) is 23.1 Å². The Bertz CT molecular complexity index is 854. The van der Waals surface area contributed by atoms with E-state index in [-0.39, 0.29) is 24.1 Å². The van der Waals surface area contributed by atoms with Crippen molar-refractivity contribution >= 4 is 21.8 Å². The van der Waals surface area contributed by atoms with Crippen LogP contribution in [-0.4, -0.2) is 43.9 Å². The van der Waals surface area contributed by atoms with Gasteiger partial charge in [-0.1, -0.05) is 24.3 Å². The minimum Gasteiger partial charge on any atom is -0.395 e. The Kier molecular flexibility index (Phi) is 6.94. The molecule has 27 heavy (non-hydrogen) atoms. The molecule has 1 atom stereocenters. The topological polar surface area (TPSA) is 69.6 Å². The van der Waals surface area contributed by atoms with Gasteiger partial charge in [0.25, 0.3) is 0 Å². The van der Waals surface area contributed by atoms with E-state index in [4.69, 9.17) is 0 Å². The Morgan fingerprint density at radius 2 is 1.85 bits per heavy atom. The summed E-state index contributed by atoms with van der Waals surface area (Å²) in [5.74, 6) is 0. The third-order valence-electron chi connectivity index (χ3n) is 5.02. The van der Waals surface area contributed by atoms with Crippen molar-refractivity contribution in [3.05, 3.63) is 59.7 Å². The monoisotopic (exact) mass is 406 g/mol. The van der Waals surface area contributed by atoms with Crippen molar-refractivity contribution in [1.82, 2.24) is 9.62 Å². The molecule has 7 heteroatoms. The first-order valence-corrected chi connectivity index (χ1v) is 11.8. The zero-order chi connectivity index (χ0) is 19.3. The number of aliphatic hydroxyl groups excluding tert-OH is 1. The Balaban J connectivity index is 1.70. The van der Waals surface area contributed by atoms with E-state index in [9.17, 15) is 13.5 Å². The molecule has 1 fully saturated rings. The van der Waals surface area contributed by atoms with Gasteiger partial charge < -0.3 is 5.11 Å². The van der Waals surface area contributed by atoms with Gasteiger partial charge in [-0.25, -0.2) is 13.1 Å². The summed E-state index contributed by atoms with van der Waals surface area (Å²) in [4.78, 5) is 3.58. The fraction of sp³-hybridized carbons (Fsp3) is 0.400. The molecule has 0 radical (unpaired) electrons. The number of hydrogen-bond donors (Lipinski definition) is 2. The third-order valence-corrected chi connectivity index (χ3v) is 7.18. The SMILES string of the molecule is CSc1ccc(S(=O)(=O)NCc2ccccc2CN2CCC[C@@H]2CO)cc1. The molecule has 1 heterocycles. The highest BCUT2D eigenvalue weighted by Crippen LogP contribution is 2.22. The lowest BCUT2D eigenvalue weighted by Gasteiger charge is -2.24. The predicted molar refractivity (Wildman–Crippen MR) is 109 cm³/mol. The zero-order valence-corrected chi connectivity index (χ0v) is 17.1. The van der Waals surface area contributed by atoms with E-state index >= 15 is 0 Å². The number of nitrogens with one attached hydrogen (secondary N) is 1. The molecule has 1 aliphatic heterocycles. The van der Waals surface area contributed by atoms with Crippen LogP contribution in [0.25, 0.3) is 0 Å². The number of benzene rings is 2. The summed E-state index contributed by atoms with van der Waals surface area (Å²) in [6.07, 6.45) is 4.06.